The first-order valence-electron chi connectivity index (χ1n) is 9.38. The number of hydrogen-bond donors (Lipinski definition) is 1. The molecule has 0 saturated heterocycles. The average Bonchev–Trinajstić information content (AvgIpc) is 3.43. The minimum Gasteiger partial charge on any atom is -0.360 e. The molecule has 7 nitrogen and oxygen atoms in total. The minimum absolute atomic E-state index is 0.0585. The van der Waals surface area contributed by atoms with Crippen LogP contribution in [0.1, 0.15) is 11.3 Å². The van der Waals surface area contributed by atoms with Gasteiger partial charge in [0.2, 0.25) is 4.80 Å². The van der Waals surface area contributed by atoms with Crippen LogP contribution in [0.2, 0.25) is 0 Å². The molecule has 0 aliphatic heterocycles. The van der Waals surface area contributed by atoms with Crippen LogP contribution in [0.25, 0.3) is 11.3 Å². The number of nitrogens with one attached hydrogen (secondary N) is 1. The Morgan fingerprint density at radius 1 is 1.07 bits per heavy atom. The maximum absolute atomic E-state index is 10.9. The van der Waals surface area contributed by atoms with E-state index in [2.05, 4.69) is 22.2 Å². The van der Waals surface area contributed by atoms with Crippen LogP contribution in [0.3, 0.4) is 0 Å². The van der Waals surface area contributed by atoms with E-state index in [-0.39, 0.29) is 5.69 Å². The number of thiazole rings is 1. The number of H-pyrrole nitrogens is 1. The van der Waals surface area contributed by atoms with Crippen LogP contribution in [-0.4, -0.2) is 27.3 Å². The van der Waals surface area contributed by atoms with Gasteiger partial charge in [-0.2, -0.15) is 5.10 Å². The smallest absolute Gasteiger partial charge is 0.269 e. The van der Waals surface area contributed by atoms with Crippen molar-refractivity contribution in [2.45, 2.75) is 6.42 Å². The zero-order valence-corrected chi connectivity index (χ0v) is 16.8. The van der Waals surface area contributed by atoms with Crippen molar-refractivity contribution in [1.29, 1.82) is 0 Å². The highest BCUT2D eigenvalue weighted by Crippen LogP contribution is 2.23. The average molecular weight is 417 g/mol. The first-order valence-corrected chi connectivity index (χ1v) is 10.3. The molecule has 0 saturated carbocycles. The summed E-state index contributed by atoms with van der Waals surface area (Å²) in [4.78, 5) is 19.2. The van der Waals surface area contributed by atoms with Gasteiger partial charge in [0.05, 0.1) is 22.5 Å². The zero-order chi connectivity index (χ0) is 20.8. The summed E-state index contributed by atoms with van der Waals surface area (Å²) in [6, 6.07) is 20.5. The highest BCUT2D eigenvalue weighted by molar-refractivity contribution is 7.07. The van der Waals surface area contributed by atoms with Crippen LogP contribution >= 0.6 is 11.3 Å². The van der Waals surface area contributed by atoms with Gasteiger partial charge in [-0.1, -0.05) is 30.3 Å². The standard InChI is InChI=1S/C22H19N5O2S/c28-27(29)20-10-8-18(9-11-20)21-16-30-22(24-14-12-17-5-2-1-3-6-17)26(21)25-15-19-7-4-13-23-19/h1-11,13,15-16,23H,12,14H2. The van der Waals surface area contributed by atoms with E-state index in [1.165, 1.54) is 29.0 Å². The SMILES string of the molecule is O=[N+]([O-])c1ccc(-c2csc(=NCCc3ccccc3)n2N=Cc2ccc[nH]2)cc1. The first-order chi connectivity index (χ1) is 14.7. The molecule has 0 radical (unpaired) electrons. The number of hydrogen-bond acceptors (Lipinski definition) is 5. The Labute approximate surface area is 176 Å². The van der Waals surface area contributed by atoms with E-state index in [4.69, 9.17) is 4.99 Å². The van der Waals surface area contributed by atoms with Crippen LogP contribution in [0, 0.1) is 10.1 Å². The van der Waals surface area contributed by atoms with Gasteiger partial charge in [-0.05, 0) is 36.2 Å². The summed E-state index contributed by atoms with van der Waals surface area (Å²) in [6.07, 6.45) is 4.41. The highest BCUT2D eigenvalue weighted by atomic mass is 32.1. The van der Waals surface area contributed by atoms with E-state index in [1.54, 1.807) is 23.0 Å². The highest BCUT2D eigenvalue weighted by Gasteiger charge is 2.10. The van der Waals surface area contributed by atoms with Crippen molar-refractivity contribution >= 4 is 23.2 Å². The Hall–Kier alpha value is -3.78. The normalized spacial score (nSPS) is 11.9. The Bertz CT molecular complexity index is 1210. The fraction of sp³-hybridized carbons (Fsp3) is 0.0909. The second-order valence-corrected chi connectivity index (χ2v) is 7.34. The van der Waals surface area contributed by atoms with Crippen molar-refractivity contribution in [2.24, 2.45) is 10.1 Å². The Kier molecular flexibility index (Phi) is 5.95. The van der Waals surface area contributed by atoms with E-state index in [1.807, 2.05) is 41.9 Å². The van der Waals surface area contributed by atoms with Gasteiger partial charge in [0.1, 0.15) is 0 Å². The van der Waals surface area contributed by atoms with E-state index < -0.39 is 4.92 Å². The van der Waals surface area contributed by atoms with Gasteiger partial charge < -0.3 is 4.98 Å². The lowest BCUT2D eigenvalue weighted by Gasteiger charge is -2.03. The van der Waals surface area contributed by atoms with Gasteiger partial charge in [0.25, 0.3) is 5.69 Å². The van der Waals surface area contributed by atoms with Crippen LogP contribution < -0.4 is 4.80 Å². The number of benzene rings is 2. The van der Waals surface area contributed by atoms with Crippen molar-refractivity contribution in [2.75, 3.05) is 6.54 Å². The van der Waals surface area contributed by atoms with E-state index in [0.29, 0.717) is 6.54 Å². The largest absolute Gasteiger partial charge is 0.360 e. The topological polar surface area (TPSA) is 88.6 Å². The molecule has 4 aromatic rings. The number of aromatic nitrogens is 2. The molecular formula is C22H19N5O2S. The summed E-state index contributed by atoms with van der Waals surface area (Å²) < 4.78 is 1.78. The number of aromatic amines is 1. The maximum Gasteiger partial charge on any atom is 0.269 e. The molecule has 4 rings (SSSR count). The molecule has 0 fully saturated rings. The summed E-state index contributed by atoms with van der Waals surface area (Å²) in [5, 5.41) is 17.5. The number of non-ortho nitro benzene ring substituents is 1. The number of nitrogens with zero attached hydrogens (tertiary/aromatic N) is 4. The zero-order valence-electron chi connectivity index (χ0n) is 16.0. The van der Waals surface area contributed by atoms with Gasteiger partial charge in [0, 0.05) is 35.8 Å². The number of nitro benzene ring substituents is 1. The third kappa shape index (κ3) is 4.61. The Balaban J connectivity index is 1.67. The predicted molar refractivity (Wildman–Crippen MR) is 119 cm³/mol. The van der Waals surface area contributed by atoms with Gasteiger partial charge in [0.15, 0.2) is 0 Å². The molecule has 0 aliphatic carbocycles. The molecule has 0 spiro atoms. The number of rotatable bonds is 7. The molecule has 2 heterocycles. The second kappa shape index (κ2) is 9.15. The molecule has 1 N–H and O–H groups in total. The van der Waals surface area contributed by atoms with Crippen molar-refractivity contribution < 1.29 is 4.92 Å². The van der Waals surface area contributed by atoms with E-state index in [9.17, 15) is 10.1 Å². The van der Waals surface area contributed by atoms with Crippen molar-refractivity contribution in [3.63, 3.8) is 0 Å². The van der Waals surface area contributed by atoms with E-state index in [0.717, 1.165) is 28.2 Å². The number of nitro groups is 1. The lowest BCUT2D eigenvalue weighted by molar-refractivity contribution is -0.384. The molecule has 0 atom stereocenters. The molecule has 0 aliphatic rings. The van der Waals surface area contributed by atoms with Crippen LogP contribution in [0.5, 0.6) is 0 Å². The Morgan fingerprint density at radius 2 is 1.87 bits per heavy atom. The first kappa shape index (κ1) is 19.5. The van der Waals surface area contributed by atoms with Crippen LogP contribution in [0.15, 0.2) is 88.4 Å². The summed E-state index contributed by atoms with van der Waals surface area (Å²) in [5.41, 5.74) is 3.83. The molecule has 30 heavy (non-hydrogen) atoms. The minimum atomic E-state index is -0.404. The quantitative estimate of drug-likeness (QED) is 0.273. The van der Waals surface area contributed by atoms with Gasteiger partial charge >= 0.3 is 0 Å². The van der Waals surface area contributed by atoms with Gasteiger partial charge in [-0.15, -0.1) is 11.3 Å². The third-order valence-corrected chi connectivity index (χ3v) is 5.34. The summed E-state index contributed by atoms with van der Waals surface area (Å²) in [5.74, 6) is 0. The summed E-state index contributed by atoms with van der Waals surface area (Å²) in [7, 11) is 0. The van der Waals surface area contributed by atoms with Crippen molar-refractivity contribution in [3.05, 3.63) is 104 Å². The summed E-state index contributed by atoms with van der Waals surface area (Å²) in [6.45, 7) is 0.641. The van der Waals surface area contributed by atoms with Gasteiger partial charge in [-0.25, -0.2) is 4.68 Å². The fourth-order valence-electron chi connectivity index (χ4n) is 2.94. The molecule has 8 heteroatoms. The summed E-state index contributed by atoms with van der Waals surface area (Å²) >= 11 is 1.49. The third-order valence-electron chi connectivity index (χ3n) is 4.48. The van der Waals surface area contributed by atoms with Crippen LogP contribution in [-0.2, 0) is 6.42 Å². The molecule has 2 aromatic heterocycles. The molecule has 150 valence electrons. The lowest BCUT2D eigenvalue weighted by Crippen LogP contribution is -2.13. The fourth-order valence-corrected chi connectivity index (χ4v) is 3.81. The van der Waals surface area contributed by atoms with Crippen LogP contribution in [0.4, 0.5) is 5.69 Å². The van der Waals surface area contributed by atoms with Crippen molar-refractivity contribution in [1.82, 2.24) is 9.66 Å². The predicted octanol–water partition coefficient (Wildman–Crippen LogP) is 4.48. The second-order valence-electron chi connectivity index (χ2n) is 6.51. The molecule has 0 unspecified atom stereocenters. The lowest BCUT2D eigenvalue weighted by atomic mass is 10.1. The van der Waals surface area contributed by atoms with Gasteiger partial charge in [-0.3, -0.25) is 15.1 Å². The monoisotopic (exact) mass is 417 g/mol. The Morgan fingerprint density at radius 3 is 2.57 bits per heavy atom. The molecular weight excluding hydrogens is 398 g/mol. The maximum atomic E-state index is 10.9. The van der Waals surface area contributed by atoms with E-state index >= 15 is 0 Å². The molecule has 2 aromatic carbocycles. The molecule has 0 bridgehead atoms. The molecule has 0 amide bonds. The van der Waals surface area contributed by atoms with Crippen molar-refractivity contribution in [3.8, 4) is 11.3 Å².